The van der Waals surface area contributed by atoms with E-state index in [0.29, 0.717) is 23.0 Å². The lowest BCUT2D eigenvalue weighted by Gasteiger charge is -2.38. The lowest BCUT2D eigenvalue weighted by molar-refractivity contribution is 0.400. The van der Waals surface area contributed by atoms with Crippen molar-refractivity contribution in [2.45, 2.75) is 39.5 Å². The molecule has 0 saturated heterocycles. The fourth-order valence-electron chi connectivity index (χ4n) is 5.61. The van der Waals surface area contributed by atoms with Crippen LogP contribution in [0.2, 0.25) is 0 Å². The Bertz CT molecular complexity index is 1520. The summed E-state index contributed by atoms with van der Waals surface area (Å²) in [7, 11) is 0. The zero-order valence-corrected chi connectivity index (χ0v) is 25.2. The van der Waals surface area contributed by atoms with Gasteiger partial charge in [0.2, 0.25) is 0 Å². The van der Waals surface area contributed by atoms with Gasteiger partial charge in [-0.15, -0.1) is 0 Å². The van der Waals surface area contributed by atoms with E-state index in [1.165, 1.54) is 0 Å². The van der Waals surface area contributed by atoms with Crippen LogP contribution in [0, 0.1) is 0 Å². The van der Waals surface area contributed by atoms with E-state index < -0.39 is 0 Å². The third kappa shape index (κ3) is 5.66. The highest BCUT2D eigenvalue weighted by molar-refractivity contribution is 5.65. The number of benzene rings is 4. The summed E-state index contributed by atoms with van der Waals surface area (Å²) in [4.78, 5) is 0. The molecule has 0 bridgehead atoms. The van der Waals surface area contributed by atoms with Gasteiger partial charge < -0.3 is 28.4 Å². The second-order valence-corrected chi connectivity index (χ2v) is 10.3. The maximum atomic E-state index is 6.55. The molecule has 0 aromatic heterocycles. The predicted octanol–water partition coefficient (Wildman–Crippen LogP) is 10.5. The normalized spacial score (nSPS) is 16.6. The molecule has 0 unspecified atom stereocenters. The molecule has 0 fully saturated rings. The van der Waals surface area contributed by atoms with Gasteiger partial charge in [-0.2, -0.15) is 0 Å². The predicted molar refractivity (Wildman–Crippen MR) is 171 cm³/mol. The first-order valence-corrected chi connectivity index (χ1v) is 14.7. The minimum Gasteiger partial charge on any atom is -0.465 e. The van der Waals surface area contributed by atoms with Crippen molar-refractivity contribution in [1.29, 1.82) is 0 Å². The molecule has 0 amide bonds. The maximum Gasteiger partial charge on any atom is 0.135 e. The molecular weight excluding hydrogens is 552 g/mol. The second-order valence-electron chi connectivity index (χ2n) is 10.3. The fourth-order valence-corrected chi connectivity index (χ4v) is 5.61. The van der Waals surface area contributed by atoms with Crippen LogP contribution in [-0.2, 0) is 0 Å². The number of allylic oxidation sites excluding steroid dienone is 4. The number of ether oxygens (including phenoxy) is 6. The Kier molecular flexibility index (Phi) is 8.41. The Balaban J connectivity index is 1.55. The third-order valence-corrected chi connectivity index (χ3v) is 7.41. The third-order valence-electron chi connectivity index (χ3n) is 7.41. The topological polar surface area (TPSA) is 55.4 Å². The van der Waals surface area contributed by atoms with Crippen LogP contribution in [0.25, 0.3) is 0 Å². The van der Waals surface area contributed by atoms with E-state index in [1.54, 1.807) is 25.0 Å². The minimum absolute atomic E-state index is 0.119. The van der Waals surface area contributed by atoms with Crippen LogP contribution in [0.5, 0.6) is 46.0 Å². The zero-order valence-electron chi connectivity index (χ0n) is 25.2. The summed E-state index contributed by atoms with van der Waals surface area (Å²) in [5.41, 5.74) is 4.17. The van der Waals surface area contributed by atoms with Crippen LogP contribution >= 0.6 is 0 Å². The van der Waals surface area contributed by atoms with Crippen LogP contribution in [0.4, 0.5) is 0 Å². The van der Waals surface area contributed by atoms with Gasteiger partial charge in [0.05, 0.1) is 25.0 Å². The highest BCUT2D eigenvalue weighted by atomic mass is 16.5. The van der Waals surface area contributed by atoms with Crippen molar-refractivity contribution < 1.29 is 28.4 Å². The van der Waals surface area contributed by atoms with Crippen molar-refractivity contribution >= 4 is 0 Å². The number of hydrogen-bond donors (Lipinski definition) is 0. The molecule has 0 radical (unpaired) electrons. The van der Waals surface area contributed by atoms with Crippen LogP contribution in [0.1, 0.15) is 61.8 Å². The average Bonchev–Trinajstić information content (AvgIpc) is 3.05. The molecule has 6 heteroatoms. The summed E-state index contributed by atoms with van der Waals surface area (Å²) in [5, 5.41) is 0. The number of hydrogen-bond acceptors (Lipinski definition) is 6. The number of fused-ring (bicyclic) bond motifs is 4. The van der Waals surface area contributed by atoms with E-state index in [0.717, 1.165) is 45.3 Å². The molecular formula is C38H34O6. The Morgan fingerprint density at radius 2 is 0.659 bits per heavy atom. The summed E-state index contributed by atoms with van der Waals surface area (Å²) < 4.78 is 36.4. The molecule has 0 atom stereocenters. The van der Waals surface area contributed by atoms with E-state index in [4.69, 9.17) is 28.4 Å². The Morgan fingerprint density at radius 3 is 0.886 bits per heavy atom. The van der Waals surface area contributed by atoms with Crippen molar-refractivity contribution in [2.75, 3.05) is 0 Å². The molecule has 2 aliphatic heterocycles. The maximum absolute atomic E-state index is 6.55. The average molecular weight is 587 g/mol. The van der Waals surface area contributed by atoms with Crippen molar-refractivity contribution in [3.63, 3.8) is 0 Å². The van der Waals surface area contributed by atoms with Crippen molar-refractivity contribution in [2.24, 2.45) is 0 Å². The molecule has 2 aliphatic rings. The summed E-state index contributed by atoms with van der Waals surface area (Å²) in [6, 6.07) is 24.0. The molecule has 0 aliphatic carbocycles. The lowest BCUT2D eigenvalue weighted by atomic mass is 9.71. The van der Waals surface area contributed by atoms with Gasteiger partial charge in [0, 0.05) is 58.4 Å². The highest BCUT2D eigenvalue weighted by Gasteiger charge is 2.40. The van der Waals surface area contributed by atoms with Gasteiger partial charge in [-0.25, -0.2) is 0 Å². The molecule has 6 rings (SSSR count). The first-order valence-electron chi connectivity index (χ1n) is 14.7. The van der Waals surface area contributed by atoms with Gasteiger partial charge >= 0.3 is 0 Å². The molecule has 2 heterocycles. The second kappa shape index (κ2) is 12.9. The first-order chi connectivity index (χ1) is 21.6. The summed E-state index contributed by atoms with van der Waals surface area (Å²) in [6.45, 7) is 7.66. The smallest absolute Gasteiger partial charge is 0.135 e. The van der Waals surface area contributed by atoms with Gasteiger partial charge in [-0.3, -0.25) is 0 Å². The SMILES string of the molecule is CC=COc1ccc2c(c1)Oc1cc(OC=CC)ccc1C2C1c2ccc(OC=CC)cc2Oc2cc(OC=CC)ccc21. The Hall–Kier alpha value is -5.36. The van der Waals surface area contributed by atoms with Crippen LogP contribution in [0.3, 0.4) is 0 Å². The molecule has 222 valence electrons. The van der Waals surface area contributed by atoms with E-state index in [2.05, 4.69) is 24.3 Å². The van der Waals surface area contributed by atoms with Gasteiger partial charge in [0.15, 0.2) is 0 Å². The van der Waals surface area contributed by atoms with Gasteiger partial charge in [0.25, 0.3) is 0 Å². The quantitative estimate of drug-likeness (QED) is 0.182. The summed E-state index contributed by atoms with van der Waals surface area (Å²) in [6.07, 6.45) is 14.0. The molecule has 44 heavy (non-hydrogen) atoms. The summed E-state index contributed by atoms with van der Waals surface area (Å²) >= 11 is 0. The van der Waals surface area contributed by atoms with E-state index in [-0.39, 0.29) is 11.8 Å². The van der Waals surface area contributed by atoms with Gasteiger partial charge in [0.1, 0.15) is 46.0 Å². The highest BCUT2D eigenvalue weighted by Crippen LogP contribution is 2.58. The van der Waals surface area contributed by atoms with Gasteiger partial charge in [-0.1, -0.05) is 48.6 Å². The number of rotatable bonds is 9. The van der Waals surface area contributed by atoms with Crippen LogP contribution < -0.4 is 28.4 Å². The first kappa shape index (κ1) is 28.7. The monoisotopic (exact) mass is 586 g/mol. The van der Waals surface area contributed by atoms with E-state index >= 15 is 0 Å². The lowest BCUT2D eigenvalue weighted by Crippen LogP contribution is -2.22. The molecule has 0 saturated carbocycles. The fraction of sp³-hybridized carbons (Fsp3) is 0.158. The molecule has 4 aromatic carbocycles. The van der Waals surface area contributed by atoms with Crippen LogP contribution in [0.15, 0.2) is 122 Å². The summed E-state index contributed by atoms with van der Waals surface area (Å²) in [5.74, 6) is 5.42. The van der Waals surface area contributed by atoms with Crippen molar-refractivity contribution in [1.82, 2.24) is 0 Å². The molecule has 4 aromatic rings. The minimum atomic E-state index is -0.119. The Labute approximate surface area is 258 Å². The van der Waals surface area contributed by atoms with E-state index in [1.807, 2.05) is 101 Å². The van der Waals surface area contributed by atoms with Crippen molar-refractivity contribution in [3.05, 3.63) is 144 Å². The zero-order chi connectivity index (χ0) is 30.5. The largest absolute Gasteiger partial charge is 0.465 e. The standard InChI is InChI=1S/C38H34O6/c1-5-17-39-25-9-13-29-33(21-25)43-34-22-26(40-18-6-2)10-14-30(34)37(29)38-31-15-11-27(41-19-7-3)23-35(31)44-36-24-28(42-20-8-4)12-16-32(36)38/h5-24,37-38H,1-4H3. The molecule has 6 nitrogen and oxygen atoms in total. The van der Waals surface area contributed by atoms with Crippen molar-refractivity contribution in [3.8, 4) is 46.0 Å². The van der Waals surface area contributed by atoms with E-state index in [9.17, 15) is 0 Å². The molecule has 0 N–H and O–H groups in total. The Morgan fingerprint density at radius 1 is 0.409 bits per heavy atom. The van der Waals surface area contributed by atoms with Gasteiger partial charge in [-0.05, 0) is 52.0 Å². The molecule has 0 spiro atoms. The van der Waals surface area contributed by atoms with Crippen LogP contribution in [-0.4, -0.2) is 0 Å².